The Morgan fingerprint density at radius 2 is 1.83 bits per heavy atom. The van der Waals surface area contributed by atoms with E-state index in [2.05, 4.69) is 0 Å². The summed E-state index contributed by atoms with van der Waals surface area (Å²) in [6.45, 7) is 0.574. The summed E-state index contributed by atoms with van der Waals surface area (Å²) in [4.78, 5) is 0. The van der Waals surface area contributed by atoms with Crippen molar-refractivity contribution in [1.82, 2.24) is 0 Å². The highest BCUT2D eigenvalue weighted by molar-refractivity contribution is 5.39. The standard InChI is InChI=1S/C15H23NO2/c1-17-14-9-5-6-10-15(14)18-11-13(16)12-7-3-2-4-8-12/h5-6,9-10,12-13H,2-4,7-8,11,16H2,1H3. The molecule has 3 nitrogen and oxygen atoms in total. The van der Waals surface area contributed by atoms with E-state index in [1.165, 1.54) is 32.1 Å². The van der Waals surface area contributed by atoms with E-state index < -0.39 is 0 Å². The summed E-state index contributed by atoms with van der Waals surface area (Å²) in [6, 6.07) is 7.85. The van der Waals surface area contributed by atoms with Gasteiger partial charge in [-0.15, -0.1) is 0 Å². The Bertz CT molecular complexity index is 361. The molecular weight excluding hydrogens is 226 g/mol. The smallest absolute Gasteiger partial charge is 0.161 e. The molecule has 0 radical (unpaired) electrons. The molecule has 0 heterocycles. The Labute approximate surface area is 109 Å². The van der Waals surface area contributed by atoms with Crippen LogP contribution < -0.4 is 15.2 Å². The predicted octanol–water partition coefficient (Wildman–Crippen LogP) is 2.98. The molecule has 1 fully saturated rings. The van der Waals surface area contributed by atoms with Gasteiger partial charge >= 0.3 is 0 Å². The molecule has 2 rings (SSSR count). The topological polar surface area (TPSA) is 44.5 Å². The molecule has 3 heteroatoms. The number of hydrogen-bond donors (Lipinski definition) is 1. The van der Waals surface area contributed by atoms with Gasteiger partial charge in [0.2, 0.25) is 0 Å². The van der Waals surface area contributed by atoms with E-state index in [4.69, 9.17) is 15.2 Å². The van der Waals surface area contributed by atoms with Crippen LogP contribution in [0.4, 0.5) is 0 Å². The van der Waals surface area contributed by atoms with Crippen LogP contribution in [0.5, 0.6) is 11.5 Å². The molecule has 1 unspecified atom stereocenters. The SMILES string of the molecule is COc1ccccc1OCC(N)C1CCCCC1. The molecule has 1 aromatic rings. The van der Waals surface area contributed by atoms with Crippen LogP contribution in [0.3, 0.4) is 0 Å². The molecule has 0 saturated heterocycles. The lowest BCUT2D eigenvalue weighted by Crippen LogP contribution is -2.37. The lowest BCUT2D eigenvalue weighted by Gasteiger charge is -2.27. The molecule has 0 spiro atoms. The molecule has 1 atom stereocenters. The first-order valence-electron chi connectivity index (χ1n) is 6.82. The maximum absolute atomic E-state index is 6.22. The summed E-state index contributed by atoms with van der Waals surface area (Å²) >= 11 is 0. The van der Waals surface area contributed by atoms with Crippen molar-refractivity contribution in [2.75, 3.05) is 13.7 Å². The van der Waals surface area contributed by atoms with Gasteiger partial charge < -0.3 is 15.2 Å². The Morgan fingerprint density at radius 3 is 2.50 bits per heavy atom. The van der Waals surface area contributed by atoms with Gasteiger partial charge in [0.05, 0.1) is 7.11 Å². The van der Waals surface area contributed by atoms with Crippen LogP contribution >= 0.6 is 0 Å². The van der Waals surface area contributed by atoms with E-state index in [0.717, 1.165) is 11.5 Å². The highest BCUT2D eigenvalue weighted by Crippen LogP contribution is 2.28. The van der Waals surface area contributed by atoms with Crippen molar-refractivity contribution in [3.63, 3.8) is 0 Å². The third-order valence-corrected chi connectivity index (χ3v) is 3.76. The van der Waals surface area contributed by atoms with Crippen LogP contribution in [0.25, 0.3) is 0 Å². The van der Waals surface area contributed by atoms with E-state index in [1.54, 1.807) is 7.11 Å². The van der Waals surface area contributed by atoms with Crippen molar-refractivity contribution < 1.29 is 9.47 Å². The summed E-state index contributed by atoms with van der Waals surface area (Å²) in [6.07, 6.45) is 6.48. The Hall–Kier alpha value is -1.22. The van der Waals surface area contributed by atoms with Crippen LogP contribution in [0.1, 0.15) is 32.1 Å². The van der Waals surface area contributed by atoms with Crippen molar-refractivity contribution in [1.29, 1.82) is 0 Å². The second kappa shape index (κ2) is 6.64. The molecule has 0 amide bonds. The third kappa shape index (κ3) is 3.39. The van der Waals surface area contributed by atoms with Gasteiger partial charge in [0.1, 0.15) is 6.61 Å². The molecule has 1 aliphatic rings. The van der Waals surface area contributed by atoms with Gasteiger partial charge in [0, 0.05) is 6.04 Å². The van der Waals surface area contributed by atoms with Crippen LogP contribution in [0.2, 0.25) is 0 Å². The fraction of sp³-hybridized carbons (Fsp3) is 0.600. The minimum absolute atomic E-state index is 0.134. The van der Waals surface area contributed by atoms with Gasteiger partial charge in [-0.2, -0.15) is 0 Å². The van der Waals surface area contributed by atoms with E-state index in [1.807, 2.05) is 24.3 Å². The van der Waals surface area contributed by atoms with Crippen molar-refractivity contribution in [2.45, 2.75) is 38.1 Å². The Balaban J connectivity index is 1.86. The first kappa shape index (κ1) is 13.2. The van der Waals surface area contributed by atoms with E-state index in [-0.39, 0.29) is 6.04 Å². The summed E-state index contributed by atoms with van der Waals surface area (Å²) in [7, 11) is 1.66. The molecule has 0 bridgehead atoms. The third-order valence-electron chi connectivity index (χ3n) is 3.76. The molecular formula is C15H23NO2. The van der Waals surface area contributed by atoms with E-state index in [9.17, 15) is 0 Å². The number of benzene rings is 1. The first-order chi connectivity index (χ1) is 8.81. The van der Waals surface area contributed by atoms with Gasteiger partial charge in [-0.05, 0) is 30.9 Å². The Kier molecular flexibility index (Phi) is 4.88. The highest BCUT2D eigenvalue weighted by atomic mass is 16.5. The van der Waals surface area contributed by atoms with Gasteiger partial charge in [0.15, 0.2) is 11.5 Å². The van der Waals surface area contributed by atoms with Crippen LogP contribution in [-0.4, -0.2) is 19.8 Å². The van der Waals surface area contributed by atoms with Crippen LogP contribution in [0, 0.1) is 5.92 Å². The van der Waals surface area contributed by atoms with Crippen LogP contribution in [0.15, 0.2) is 24.3 Å². The molecule has 1 aliphatic carbocycles. The summed E-state index contributed by atoms with van der Waals surface area (Å²) < 4.78 is 11.1. The number of ether oxygens (including phenoxy) is 2. The minimum atomic E-state index is 0.134. The second-order valence-electron chi connectivity index (χ2n) is 5.02. The highest BCUT2D eigenvalue weighted by Gasteiger charge is 2.21. The fourth-order valence-electron chi connectivity index (χ4n) is 2.62. The fourth-order valence-corrected chi connectivity index (χ4v) is 2.62. The molecule has 0 aliphatic heterocycles. The minimum Gasteiger partial charge on any atom is -0.493 e. The monoisotopic (exact) mass is 249 g/mol. The largest absolute Gasteiger partial charge is 0.493 e. The average Bonchev–Trinajstić information content (AvgIpc) is 2.46. The zero-order chi connectivity index (χ0) is 12.8. The Morgan fingerprint density at radius 1 is 1.17 bits per heavy atom. The number of rotatable bonds is 5. The summed E-state index contributed by atoms with van der Waals surface area (Å²) in [5.41, 5.74) is 6.22. The predicted molar refractivity (Wildman–Crippen MR) is 73.0 cm³/mol. The maximum Gasteiger partial charge on any atom is 0.161 e. The van der Waals surface area contributed by atoms with Crippen LogP contribution in [-0.2, 0) is 0 Å². The molecule has 100 valence electrons. The number of methoxy groups -OCH3 is 1. The van der Waals surface area contributed by atoms with Crippen molar-refractivity contribution >= 4 is 0 Å². The van der Waals surface area contributed by atoms with Gasteiger partial charge in [-0.25, -0.2) is 0 Å². The molecule has 18 heavy (non-hydrogen) atoms. The average molecular weight is 249 g/mol. The lowest BCUT2D eigenvalue weighted by molar-refractivity contribution is 0.208. The van der Waals surface area contributed by atoms with E-state index in [0.29, 0.717) is 12.5 Å². The van der Waals surface area contributed by atoms with Crippen molar-refractivity contribution in [2.24, 2.45) is 11.7 Å². The first-order valence-corrected chi connectivity index (χ1v) is 6.82. The lowest BCUT2D eigenvalue weighted by atomic mass is 9.84. The van der Waals surface area contributed by atoms with Gasteiger partial charge in [0.25, 0.3) is 0 Å². The van der Waals surface area contributed by atoms with Gasteiger partial charge in [-0.3, -0.25) is 0 Å². The summed E-state index contributed by atoms with van der Waals surface area (Å²) in [5.74, 6) is 2.17. The summed E-state index contributed by atoms with van der Waals surface area (Å²) in [5, 5.41) is 0. The van der Waals surface area contributed by atoms with E-state index >= 15 is 0 Å². The molecule has 0 aromatic heterocycles. The van der Waals surface area contributed by atoms with Gasteiger partial charge in [-0.1, -0.05) is 31.4 Å². The normalized spacial score (nSPS) is 18.3. The molecule has 2 N–H and O–H groups in total. The zero-order valence-corrected chi connectivity index (χ0v) is 11.1. The van der Waals surface area contributed by atoms with Crippen molar-refractivity contribution in [3.8, 4) is 11.5 Å². The maximum atomic E-state index is 6.22. The number of nitrogens with two attached hydrogens (primary N) is 1. The number of hydrogen-bond acceptors (Lipinski definition) is 3. The second-order valence-corrected chi connectivity index (χ2v) is 5.02. The molecule has 1 saturated carbocycles. The van der Waals surface area contributed by atoms with Crippen molar-refractivity contribution in [3.05, 3.63) is 24.3 Å². The quantitative estimate of drug-likeness (QED) is 0.872. The zero-order valence-electron chi connectivity index (χ0n) is 11.1. The number of para-hydroxylation sites is 2. The molecule has 1 aromatic carbocycles.